The monoisotopic (exact) mass is 1940 g/mol. The van der Waals surface area contributed by atoms with E-state index in [-0.39, 0.29) is 53.4 Å². The molecule has 4 aliphatic heterocycles. The summed E-state index contributed by atoms with van der Waals surface area (Å²) in [6.45, 7) is 13.0. The molecule has 4 N–H and O–H groups in total. The molecule has 0 amide bonds. The predicted octanol–water partition coefficient (Wildman–Crippen LogP) is 18.1. The number of nitrogens with one attached hydrogen (secondary N) is 4. The molecule has 22 aromatic rings. The van der Waals surface area contributed by atoms with Crippen molar-refractivity contribution in [2.45, 2.75) is 102 Å². The fourth-order valence-electron chi connectivity index (χ4n) is 20.0. The number of likely N-dealkylation sites (tertiary alicyclic amines) is 3. The molecule has 4 fully saturated rings. The van der Waals surface area contributed by atoms with Gasteiger partial charge in [-0.05, 0) is 229 Å². The quantitative estimate of drug-likeness (QED) is 0.0515. The lowest BCUT2D eigenvalue weighted by Crippen LogP contribution is -2.38. The molecule has 1 unspecified atom stereocenters. The van der Waals surface area contributed by atoms with Crippen LogP contribution in [0.4, 0.5) is 22.0 Å². The predicted molar refractivity (Wildman–Crippen MR) is 535 cm³/mol. The molecule has 0 bridgehead atoms. The number of hydrogen-bond acceptors (Lipinski definition) is 23. The second-order valence-electron chi connectivity index (χ2n) is 37.2. The molecule has 4 saturated heterocycles. The lowest BCUT2D eigenvalue weighted by Gasteiger charge is -2.32. The number of pyridine rings is 4. The van der Waals surface area contributed by atoms with E-state index in [1.165, 1.54) is 43.0 Å². The number of aromatic nitrogens is 28. The average Bonchev–Trinajstić information content (AvgIpc) is 1.67. The minimum absolute atomic E-state index is 0.115. The van der Waals surface area contributed by atoms with Gasteiger partial charge in [0.05, 0.1) is 93.3 Å². The number of piperidine rings is 3. The molecule has 33 nitrogen and oxygen atoms in total. The second kappa shape index (κ2) is 40.7. The van der Waals surface area contributed by atoms with Crippen LogP contribution in [-0.4, -0.2) is 218 Å². The Hall–Kier alpha value is -16.8. The van der Waals surface area contributed by atoms with Gasteiger partial charge in [0.25, 0.3) is 0 Å². The van der Waals surface area contributed by atoms with Crippen LogP contribution in [0.3, 0.4) is 0 Å². The number of rotatable bonds is 20. The summed E-state index contributed by atoms with van der Waals surface area (Å²) >= 11 is 0. The molecule has 0 aliphatic carbocycles. The first-order chi connectivity index (χ1) is 71.1. The van der Waals surface area contributed by atoms with Gasteiger partial charge in [-0.2, -0.15) is 30.6 Å². The van der Waals surface area contributed by atoms with Crippen LogP contribution in [0.5, 0.6) is 0 Å². The first-order valence-electron chi connectivity index (χ1n) is 48.3. The largest absolute Gasteiger partial charge is 0.369 e. The number of fused-ring (bicyclic) bond motifs is 6. The number of H-pyrrole nitrogens is 4. The Morgan fingerprint density at radius 1 is 0.345 bits per heavy atom. The molecule has 18 heterocycles. The Morgan fingerprint density at radius 2 is 0.738 bits per heavy atom. The zero-order valence-corrected chi connectivity index (χ0v) is 79.0. The molecule has 8 aromatic carbocycles. The van der Waals surface area contributed by atoms with Crippen molar-refractivity contribution in [2.75, 3.05) is 59.0 Å². The highest BCUT2D eigenvalue weighted by Gasteiger charge is 2.32. The van der Waals surface area contributed by atoms with Crippen molar-refractivity contribution in [1.82, 2.24) is 160 Å². The van der Waals surface area contributed by atoms with Crippen molar-refractivity contribution in [3.63, 3.8) is 0 Å². The van der Waals surface area contributed by atoms with Gasteiger partial charge in [-0.25, -0.2) is 59.7 Å². The van der Waals surface area contributed by atoms with E-state index < -0.39 is 11.6 Å². The third kappa shape index (κ3) is 19.8. The molecule has 38 heteroatoms. The normalized spacial score (nSPS) is 16.6. The van der Waals surface area contributed by atoms with Crippen LogP contribution in [0.25, 0.3) is 123 Å². The Labute approximate surface area is 825 Å². The highest BCUT2D eigenvalue weighted by atomic mass is 19.1. The van der Waals surface area contributed by atoms with Gasteiger partial charge in [-0.1, -0.05) is 75.5 Å². The molecule has 0 radical (unpaired) electrons. The van der Waals surface area contributed by atoms with Crippen molar-refractivity contribution >= 4 is 54.9 Å². The number of halogens is 5. The maximum absolute atomic E-state index is 14.4. The highest BCUT2D eigenvalue weighted by Crippen LogP contribution is 2.38. The number of ether oxygens (including phenoxy) is 1. The fourth-order valence-corrected chi connectivity index (χ4v) is 20.0. The van der Waals surface area contributed by atoms with E-state index in [0.29, 0.717) is 44.9 Å². The topological polar surface area (TPSA) is 346 Å². The van der Waals surface area contributed by atoms with E-state index in [1.54, 1.807) is 61.3 Å². The SMILES string of the molecule is Cc1cc(-c2n[nH]c3ccc(-n4cc([C@@H]5CCCN(Cc6c(C)cccc6F)C5)nn4)cc23)ccn1.Fc1cccc(F)c1CN1CCC[C@@H](c2cn(-c3ccc4[nH]nc(-c5ccc6ncnn6c5)c4c3)nn2)C1.Fc1ccccc1CN1CCC[C@@H](c2cn(-c3ccc4[nH]nc(-c5ccc6ncnn6c5)c4c3)nn2)C1.Fc1ccccc1CN1CCOC(c2cn(-c3ccc4[nH]nc(-c5ccncc5)c4c3)nn2)C1. The van der Waals surface area contributed by atoms with Crippen LogP contribution in [0.1, 0.15) is 119 Å². The summed E-state index contributed by atoms with van der Waals surface area (Å²) in [4.78, 5) is 25.7. The van der Waals surface area contributed by atoms with Gasteiger partial charge in [-0.3, -0.25) is 50.0 Å². The lowest BCUT2D eigenvalue weighted by molar-refractivity contribution is -0.0353. The molecule has 26 rings (SSSR count). The van der Waals surface area contributed by atoms with E-state index in [0.717, 1.165) is 246 Å². The molecule has 14 aromatic heterocycles. The maximum atomic E-state index is 14.4. The second-order valence-corrected chi connectivity index (χ2v) is 37.2. The van der Waals surface area contributed by atoms with Crippen LogP contribution in [0.15, 0.2) is 275 Å². The summed E-state index contributed by atoms with van der Waals surface area (Å²) in [5.41, 5.74) is 24.0. The number of benzene rings is 8. The Kier molecular flexibility index (Phi) is 25.8. The number of hydrogen-bond donors (Lipinski definition) is 4. The van der Waals surface area contributed by atoms with E-state index >= 15 is 0 Å². The van der Waals surface area contributed by atoms with Gasteiger partial charge in [-0.15, -0.1) is 20.4 Å². The summed E-state index contributed by atoms with van der Waals surface area (Å²) in [5, 5.41) is 78.5. The first kappa shape index (κ1) is 91.9. The van der Waals surface area contributed by atoms with Crippen molar-refractivity contribution in [3.05, 3.63) is 360 Å². The van der Waals surface area contributed by atoms with Gasteiger partial charge < -0.3 is 4.74 Å². The standard InChI is InChI=1S/C28H28FN7.C27H23F2N9.C27H24FN9.C25H22FN7O/c1-18-5-3-7-25(29)24(18)16-35-12-4-6-21(15-35)27-17-36(34-32-27)22-8-9-26-23(14-22)28(33-31-26)20-10-11-30-19(2)13-20;28-22-4-1-5-23(29)21(22)14-36-10-2-3-17(12-36)25-15-37(35-33-25)19-7-8-24-20(11-19)27(34-32-24)18-6-9-26-30-16-31-38(26)13-18;28-23-6-2-1-4-18(23)13-35-11-3-5-19(14-35)25-16-36(34-32-25)21-8-9-24-22(12-21)27(33-31-24)20-7-10-26-29-17-30-37(26)15-20;26-21-4-2-1-3-18(21)14-32-11-12-34-24(16-32)23-15-33(31-29-23)19-5-6-22-20(13-19)25(30-28-22)17-7-9-27-10-8-17/h3,5,7-11,13-14,17,21H,4,6,12,15-16H2,1-2H3,(H,31,33);1,4-9,11,13,15-17H,2-3,10,12,14H2,(H,32,34);1-2,4,6-10,12,15-17,19H,3,5,11,13-14H2,(H,31,33);1-10,13,15,24H,11-12,14,16H2,(H,28,30)/t21-;17-;19-;/m111./s1. The van der Waals surface area contributed by atoms with Gasteiger partial charge in [0.1, 0.15) is 76.3 Å². The number of aryl methyl sites for hydroxylation is 2. The van der Waals surface area contributed by atoms with Crippen LogP contribution in [-0.2, 0) is 30.9 Å². The Balaban J connectivity index is 0.000000107. The van der Waals surface area contributed by atoms with E-state index in [4.69, 9.17) is 4.74 Å². The van der Waals surface area contributed by atoms with Crippen molar-refractivity contribution < 1.29 is 26.7 Å². The third-order valence-electron chi connectivity index (χ3n) is 27.6. The highest BCUT2D eigenvalue weighted by molar-refractivity contribution is 5.97. The first-order valence-corrected chi connectivity index (χ1v) is 48.3. The van der Waals surface area contributed by atoms with Crippen LogP contribution < -0.4 is 0 Å². The minimum Gasteiger partial charge on any atom is -0.369 e. The molecule has 726 valence electrons. The third-order valence-corrected chi connectivity index (χ3v) is 27.6. The number of nitrogens with zero attached hydrogens (tertiary/aromatic N) is 28. The Bertz CT molecular complexity index is 8340. The van der Waals surface area contributed by atoms with Crippen LogP contribution in [0.2, 0.25) is 0 Å². The summed E-state index contributed by atoms with van der Waals surface area (Å²) in [6.07, 6.45) is 25.9. The van der Waals surface area contributed by atoms with E-state index in [2.05, 4.69) is 144 Å². The zero-order valence-electron chi connectivity index (χ0n) is 79.0. The Morgan fingerprint density at radius 3 is 1.19 bits per heavy atom. The van der Waals surface area contributed by atoms with Gasteiger partial charge in [0.2, 0.25) is 0 Å². The van der Waals surface area contributed by atoms with E-state index in [1.807, 2.05) is 200 Å². The smallest absolute Gasteiger partial charge is 0.155 e. The van der Waals surface area contributed by atoms with Crippen molar-refractivity contribution in [3.8, 4) is 67.8 Å². The molecule has 0 spiro atoms. The fraction of sp³-hybridized carbons (Fsp3) is 0.234. The van der Waals surface area contributed by atoms with Gasteiger partial charge in [0, 0.05) is 179 Å². The summed E-state index contributed by atoms with van der Waals surface area (Å²) in [6, 6.07) is 63.1. The average molecular weight is 1940 g/mol. The lowest BCUT2D eigenvalue weighted by atomic mass is 9.94. The number of aromatic amines is 4. The van der Waals surface area contributed by atoms with Crippen LogP contribution in [0, 0.1) is 42.9 Å². The van der Waals surface area contributed by atoms with E-state index in [9.17, 15) is 22.0 Å². The van der Waals surface area contributed by atoms with Crippen molar-refractivity contribution in [2.24, 2.45) is 0 Å². The summed E-state index contributed by atoms with van der Waals surface area (Å²) in [5.74, 6) is -0.803. The summed E-state index contributed by atoms with van der Waals surface area (Å²) in [7, 11) is 0. The van der Waals surface area contributed by atoms with Crippen LogP contribution >= 0.6 is 0 Å². The zero-order chi connectivity index (χ0) is 98.0. The summed E-state index contributed by atoms with van der Waals surface area (Å²) < 4.78 is 87.6. The molecule has 4 aliphatic rings. The molecular formula is C107H97F5N32O. The molecule has 0 saturated carbocycles. The maximum Gasteiger partial charge on any atom is 0.155 e. The van der Waals surface area contributed by atoms with Crippen molar-refractivity contribution in [1.29, 1.82) is 0 Å². The molecule has 4 atom stereocenters. The minimum atomic E-state index is -0.506. The number of morpholine rings is 1. The van der Waals surface area contributed by atoms with Gasteiger partial charge in [0.15, 0.2) is 11.3 Å². The molecular weight excluding hydrogens is 1840 g/mol. The van der Waals surface area contributed by atoms with Gasteiger partial charge >= 0.3 is 0 Å². The molecule has 145 heavy (non-hydrogen) atoms.